The first-order valence-corrected chi connectivity index (χ1v) is 7.41. The minimum Gasteiger partial charge on any atom is -0.350 e. The number of fused-ring (bicyclic) bond motifs is 1. The summed E-state index contributed by atoms with van der Waals surface area (Å²) in [6, 6.07) is 8.02. The van der Waals surface area contributed by atoms with Crippen LogP contribution in [-0.4, -0.2) is 16.9 Å². The van der Waals surface area contributed by atoms with Crippen LogP contribution in [0.25, 0.3) is 10.2 Å². The highest BCUT2D eigenvalue weighted by atomic mass is 32.1. The molecule has 2 aromatic rings. The Kier molecular flexibility index (Phi) is 3.48. The second-order valence-corrected chi connectivity index (χ2v) is 6.17. The van der Waals surface area contributed by atoms with Crippen LogP contribution < -0.4 is 11.1 Å². The number of nitrogens with two attached hydrogens (primary N) is 1. The van der Waals surface area contributed by atoms with Crippen molar-refractivity contribution in [1.29, 1.82) is 0 Å². The summed E-state index contributed by atoms with van der Waals surface area (Å²) in [4.78, 5) is 16.2. The summed E-state index contributed by atoms with van der Waals surface area (Å²) in [5.74, 6) is 0.590. The molecule has 1 aromatic heterocycles. The highest BCUT2D eigenvalue weighted by Gasteiger charge is 2.29. The van der Waals surface area contributed by atoms with Crippen LogP contribution in [-0.2, 0) is 11.3 Å². The first-order valence-electron chi connectivity index (χ1n) is 6.59. The van der Waals surface area contributed by atoms with Gasteiger partial charge in [0.1, 0.15) is 5.01 Å². The number of benzene rings is 1. The van der Waals surface area contributed by atoms with Crippen molar-refractivity contribution in [2.24, 2.45) is 11.7 Å². The van der Waals surface area contributed by atoms with Gasteiger partial charge in [0.25, 0.3) is 0 Å². The number of rotatable bonds is 5. The summed E-state index contributed by atoms with van der Waals surface area (Å²) < 4.78 is 1.15. The van der Waals surface area contributed by atoms with E-state index in [9.17, 15) is 4.79 Å². The third-order valence-electron chi connectivity index (χ3n) is 3.42. The Morgan fingerprint density at radius 3 is 3.00 bits per heavy atom. The molecule has 0 aliphatic heterocycles. The van der Waals surface area contributed by atoms with E-state index in [4.69, 9.17) is 5.73 Å². The molecule has 0 spiro atoms. The van der Waals surface area contributed by atoms with Gasteiger partial charge in [0.15, 0.2) is 0 Å². The maximum atomic E-state index is 11.8. The molecule has 1 unspecified atom stereocenters. The second kappa shape index (κ2) is 5.27. The Hall–Kier alpha value is -1.46. The maximum Gasteiger partial charge on any atom is 0.221 e. The average Bonchev–Trinajstić information content (AvgIpc) is 3.16. The minimum atomic E-state index is 0.0235. The number of aromatic nitrogens is 1. The molecule has 1 saturated carbocycles. The fraction of sp³-hybridized carbons (Fsp3) is 0.429. The van der Waals surface area contributed by atoms with Crippen molar-refractivity contribution in [3.63, 3.8) is 0 Å². The van der Waals surface area contributed by atoms with Crippen LogP contribution in [0.1, 0.15) is 24.3 Å². The van der Waals surface area contributed by atoms with Gasteiger partial charge >= 0.3 is 0 Å². The molecule has 5 heteroatoms. The molecule has 0 bridgehead atoms. The first kappa shape index (κ1) is 12.6. The SMILES string of the molecule is NC(CC(=O)NCc1nc2ccccc2s1)C1CC1. The number of carbonyl (C=O) groups excluding carboxylic acids is 1. The van der Waals surface area contributed by atoms with E-state index in [2.05, 4.69) is 10.3 Å². The summed E-state index contributed by atoms with van der Waals surface area (Å²) in [6.07, 6.45) is 2.77. The van der Waals surface area contributed by atoms with Crippen LogP contribution >= 0.6 is 11.3 Å². The Bertz CT molecular complexity index is 558. The highest BCUT2D eigenvalue weighted by Crippen LogP contribution is 2.32. The van der Waals surface area contributed by atoms with Crippen LogP contribution in [0.2, 0.25) is 0 Å². The van der Waals surface area contributed by atoms with E-state index >= 15 is 0 Å². The van der Waals surface area contributed by atoms with E-state index in [1.165, 1.54) is 12.8 Å². The molecule has 3 rings (SSSR count). The van der Waals surface area contributed by atoms with E-state index in [1.807, 2.05) is 24.3 Å². The molecule has 0 radical (unpaired) electrons. The van der Waals surface area contributed by atoms with Gasteiger partial charge in [-0.05, 0) is 30.9 Å². The van der Waals surface area contributed by atoms with Crippen molar-refractivity contribution in [3.05, 3.63) is 29.3 Å². The van der Waals surface area contributed by atoms with Crippen molar-refractivity contribution in [3.8, 4) is 0 Å². The molecule has 1 aliphatic carbocycles. The molecular weight excluding hydrogens is 258 g/mol. The number of hydrogen-bond donors (Lipinski definition) is 2. The Morgan fingerprint density at radius 1 is 1.47 bits per heavy atom. The molecule has 1 aromatic carbocycles. The first-order chi connectivity index (χ1) is 9.22. The van der Waals surface area contributed by atoms with Crippen molar-refractivity contribution < 1.29 is 4.79 Å². The third kappa shape index (κ3) is 3.11. The fourth-order valence-electron chi connectivity index (χ4n) is 2.15. The van der Waals surface area contributed by atoms with E-state index in [0.717, 1.165) is 15.2 Å². The van der Waals surface area contributed by atoms with E-state index in [1.54, 1.807) is 11.3 Å². The summed E-state index contributed by atoms with van der Waals surface area (Å²) in [6.45, 7) is 0.496. The van der Waals surface area contributed by atoms with Crippen LogP contribution in [0.3, 0.4) is 0 Å². The monoisotopic (exact) mass is 275 g/mol. The number of hydrogen-bond acceptors (Lipinski definition) is 4. The zero-order chi connectivity index (χ0) is 13.2. The molecule has 1 aliphatic rings. The molecule has 1 amide bonds. The van der Waals surface area contributed by atoms with Gasteiger partial charge in [0.05, 0.1) is 16.8 Å². The Morgan fingerprint density at radius 2 is 2.26 bits per heavy atom. The molecule has 1 atom stereocenters. The van der Waals surface area contributed by atoms with Crippen LogP contribution in [0, 0.1) is 5.92 Å². The van der Waals surface area contributed by atoms with Crippen LogP contribution in [0.5, 0.6) is 0 Å². The standard InChI is InChI=1S/C14H17N3OS/c15-10(9-5-6-9)7-13(18)16-8-14-17-11-3-1-2-4-12(11)19-14/h1-4,9-10H,5-8,15H2,(H,16,18). The van der Waals surface area contributed by atoms with Crippen molar-refractivity contribution in [1.82, 2.24) is 10.3 Å². The van der Waals surface area contributed by atoms with Crippen LogP contribution in [0.4, 0.5) is 0 Å². The summed E-state index contributed by atoms with van der Waals surface area (Å²) in [5, 5.41) is 3.84. The lowest BCUT2D eigenvalue weighted by atomic mass is 10.1. The lowest BCUT2D eigenvalue weighted by molar-refractivity contribution is -0.121. The molecule has 100 valence electrons. The van der Waals surface area contributed by atoms with Crippen molar-refractivity contribution in [2.75, 3.05) is 0 Å². The summed E-state index contributed by atoms with van der Waals surface area (Å²) in [7, 11) is 0. The number of thiazole rings is 1. The summed E-state index contributed by atoms with van der Waals surface area (Å²) >= 11 is 1.62. The van der Waals surface area contributed by atoms with E-state index in [0.29, 0.717) is 18.9 Å². The van der Waals surface area contributed by atoms with Gasteiger partial charge in [-0.25, -0.2) is 4.98 Å². The van der Waals surface area contributed by atoms with Gasteiger partial charge in [0.2, 0.25) is 5.91 Å². The molecule has 3 N–H and O–H groups in total. The van der Waals surface area contributed by atoms with Crippen molar-refractivity contribution in [2.45, 2.75) is 31.8 Å². The van der Waals surface area contributed by atoms with Gasteiger partial charge in [-0.3, -0.25) is 4.79 Å². The number of amides is 1. The maximum absolute atomic E-state index is 11.8. The lowest BCUT2D eigenvalue weighted by Crippen LogP contribution is -2.32. The molecular formula is C14H17N3OS. The minimum absolute atomic E-state index is 0.0235. The quantitative estimate of drug-likeness (QED) is 0.877. The van der Waals surface area contributed by atoms with Crippen molar-refractivity contribution >= 4 is 27.5 Å². The molecule has 1 fully saturated rings. The molecule has 0 saturated heterocycles. The molecule has 19 heavy (non-hydrogen) atoms. The van der Waals surface area contributed by atoms with E-state index < -0.39 is 0 Å². The van der Waals surface area contributed by atoms with Gasteiger partial charge in [-0.2, -0.15) is 0 Å². The second-order valence-electron chi connectivity index (χ2n) is 5.06. The van der Waals surface area contributed by atoms with Gasteiger partial charge in [-0.15, -0.1) is 11.3 Å². The Labute approximate surface area is 116 Å². The molecule has 4 nitrogen and oxygen atoms in total. The van der Waals surface area contributed by atoms with Gasteiger partial charge < -0.3 is 11.1 Å². The third-order valence-corrected chi connectivity index (χ3v) is 4.46. The average molecular weight is 275 g/mol. The topological polar surface area (TPSA) is 68.0 Å². The highest BCUT2D eigenvalue weighted by molar-refractivity contribution is 7.18. The predicted octanol–water partition coefficient (Wildman–Crippen LogP) is 2.04. The lowest BCUT2D eigenvalue weighted by Gasteiger charge is -2.09. The predicted molar refractivity (Wildman–Crippen MR) is 76.8 cm³/mol. The van der Waals surface area contributed by atoms with E-state index in [-0.39, 0.29) is 11.9 Å². The fourth-order valence-corrected chi connectivity index (χ4v) is 3.05. The largest absolute Gasteiger partial charge is 0.350 e. The number of para-hydroxylation sites is 1. The normalized spacial score (nSPS) is 16.5. The van der Waals surface area contributed by atoms with Gasteiger partial charge in [-0.1, -0.05) is 12.1 Å². The van der Waals surface area contributed by atoms with Gasteiger partial charge in [0, 0.05) is 12.5 Å². The molecule has 1 heterocycles. The number of nitrogens with one attached hydrogen (secondary N) is 1. The smallest absolute Gasteiger partial charge is 0.221 e. The zero-order valence-electron chi connectivity index (χ0n) is 10.6. The number of nitrogens with zero attached hydrogens (tertiary/aromatic N) is 1. The zero-order valence-corrected chi connectivity index (χ0v) is 11.5. The Balaban J connectivity index is 1.54. The summed E-state index contributed by atoms with van der Waals surface area (Å²) in [5.41, 5.74) is 6.93. The number of carbonyl (C=O) groups is 1. The van der Waals surface area contributed by atoms with Crippen LogP contribution in [0.15, 0.2) is 24.3 Å².